The molecule has 0 spiro atoms. The maximum atomic E-state index is 11.3. The molecule has 1 aromatic carbocycles. The molecule has 0 saturated heterocycles. The van der Waals surface area contributed by atoms with E-state index in [1.807, 2.05) is 0 Å². The number of rotatable bonds is 5. The zero-order valence-corrected chi connectivity index (χ0v) is 12.7. The van der Waals surface area contributed by atoms with Crippen molar-refractivity contribution < 1.29 is 9.90 Å². The molecule has 0 aliphatic heterocycles. The first-order valence-electron chi connectivity index (χ1n) is 6.20. The van der Waals surface area contributed by atoms with Gasteiger partial charge in [0.2, 0.25) is 0 Å². The lowest BCUT2D eigenvalue weighted by Crippen LogP contribution is -2.07. The van der Waals surface area contributed by atoms with Gasteiger partial charge in [-0.05, 0) is 18.2 Å². The fourth-order valence-electron chi connectivity index (χ4n) is 1.91. The third-order valence-corrected chi connectivity index (χ3v) is 4.04. The van der Waals surface area contributed by atoms with E-state index in [1.165, 1.54) is 11.3 Å². The van der Waals surface area contributed by atoms with Gasteiger partial charge in [-0.15, -0.1) is 21.5 Å². The number of thiazole rings is 1. The van der Waals surface area contributed by atoms with Crippen LogP contribution in [-0.4, -0.2) is 30.8 Å². The summed E-state index contributed by atoms with van der Waals surface area (Å²) in [5, 5.41) is 19.9. The van der Waals surface area contributed by atoms with Gasteiger partial charge in [0.05, 0.1) is 23.5 Å². The molecular weight excluding hydrogens is 326 g/mol. The van der Waals surface area contributed by atoms with E-state index >= 15 is 0 Å². The molecule has 3 rings (SSSR count). The smallest absolute Gasteiger partial charge is 0.337 e. The van der Waals surface area contributed by atoms with Crippen LogP contribution in [0, 0.1) is 0 Å². The van der Waals surface area contributed by atoms with Gasteiger partial charge in [0, 0.05) is 11.1 Å². The Balaban J connectivity index is 1.89. The average Bonchev–Trinajstić information content (AvgIpc) is 3.16. The van der Waals surface area contributed by atoms with Crippen LogP contribution in [-0.2, 0) is 6.54 Å². The van der Waals surface area contributed by atoms with Crippen molar-refractivity contribution >= 4 is 34.6 Å². The van der Waals surface area contributed by atoms with Gasteiger partial charge in [-0.1, -0.05) is 11.6 Å². The Hall–Kier alpha value is -2.45. The van der Waals surface area contributed by atoms with Gasteiger partial charge in [-0.3, -0.25) is 4.57 Å². The highest BCUT2D eigenvalue weighted by Gasteiger charge is 2.12. The first kappa shape index (κ1) is 14.5. The Bertz CT molecular complexity index is 803. The normalized spacial score (nSPS) is 10.6. The summed E-state index contributed by atoms with van der Waals surface area (Å²) in [6.45, 7) is 0.441. The third kappa shape index (κ3) is 3.07. The summed E-state index contributed by atoms with van der Waals surface area (Å²) in [6.07, 6.45) is 4.75. The van der Waals surface area contributed by atoms with Crippen LogP contribution in [0.4, 0.5) is 5.69 Å². The van der Waals surface area contributed by atoms with Crippen LogP contribution in [0.3, 0.4) is 0 Å². The van der Waals surface area contributed by atoms with Crippen molar-refractivity contribution in [3.63, 3.8) is 0 Å². The van der Waals surface area contributed by atoms with Crippen LogP contribution < -0.4 is 5.32 Å². The van der Waals surface area contributed by atoms with E-state index in [0.29, 0.717) is 16.7 Å². The fraction of sp³-hybridized carbons (Fsp3) is 0.0769. The van der Waals surface area contributed by atoms with E-state index in [9.17, 15) is 9.90 Å². The van der Waals surface area contributed by atoms with Gasteiger partial charge >= 0.3 is 5.97 Å². The predicted octanol–water partition coefficient (Wildman–Crippen LogP) is 2.69. The van der Waals surface area contributed by atoms with Crippen LogP contribution in [0.2, 0.25) is 4.47 Å². The summed E-state index contributed by atoms with van der Waals surface area (Å²) in [6, 6.07) is 4.97. The Morgan fingerprint density at radius 1 is 1.36 bits per heavy atom. The van der Waals surface area contributed by atoms with E-state index in [4.69, 9.17) is 11.6 Å². The van der Waals surface area contributed by atoms with E-state index in [-0.39, 0.29) is 5.56 Å². The molecule has 0 aliphatic carbocycles. The van der Waals surface area contributed by atoms with Gasteiger partial charge in [0.25, 0.3) is 0 Å². The summed E-state index contributed by atoms with van der Waals surface area (Å²) in [5.41, 5.74) is 1.45. The number of carboxylic acid groups (broad SMARTS) is 1. The summed E-state index contributed by atoms with van der Waals surface area (Å²) in [5.74, 6) is -1.000. The number of nitrogens with one attached hydrogen (secondary N) is 1. The van der Waals surface area contributed by atoms with Crippen molar-refractivity contribution in [2.75, 3.05) is 5.32 Å². The van der Waals surface area contributed by atoms with E-state index < -0.39 is 5.97 Å². The number of carbonyl (C=O) groups is 1. The van der Waals surface area contributed by atoms with Crippen molar-refractivity contribution in [1.29, 1.82) is 0 Å². The molecule has 112 valence electrons. The van der Waals surface area contributed by atoms with E-state index in [0.717, 1.165) is 10.6 Å². The zero-order chi connectivity index (χ0) is 15.5. The molecule has 7 nitrogen and oxygen atoms in total. The summed E-state index contributed by atoms with van der Waals surface area (Å²) < 4.78 is 2.15. The minimum absolute atomic E-state index is 0.187. The Morgan fingerprint density at radius 2 is 2.14 bits per heavy atom. The fourth-order valence-corrected chi connectivity index (χ4v) is 2.82. The average molecular weight is 336 g/mol. The molecule has 3 aromatic rings. The van der Waals surface area contributed by atoms with Gasteiger partial charge in [-0.25, -0.2) is 9.78 Å². The number of carboxylic acids is 1. The van der Waals surface area contributed by atoms with E-state index in [1.54, 1.807) is 41.6 Å². The molecule has 0 bridgehead atoms. The topological polar surface area (TPSA) is 92.9 Å². The molecule has 0 saturated carbocycles. The maximum absolute atomic E-state index is 11.3. The SMILES string of the molecule is O=C(O)c1ccc(-n2cnnc2)cc1NCc1cnc(Cl)s1. The molecule has 0 atom stereocenters. The number of hydrogen-bond acceptors (Lipinski definition) is 6. The number of aromatic carboxylic acids is 1. The second-order valence-electron chi connectivity index (χ2n) is 4.34. The molecule has 0 aliphatic rings. The summed E-state index contributed by atoms with van der Waals surface area (Å²) in [7, 11) is 0. The Labute approximate surface area is 134 Å². The van der Waals surface area contributed by atoms with Crippen LogP contribution in [0.25, 0.3) is 5.69 Å². The van der Waals surface area contributed by atoms with Crippen molar-refractivity contribution in [2.24, 2.45) is 0 Å². The highest BCUT2D eigenvalue weighted by Crippen LogP contribution is 2.23. The molecule has 0 unspecified atom stereocenters. The molecule has 9 heteroatoms. The Kier molecular flexibility index (Phi) is 4.03. The van der Waals surface area contributed by atoms with Crippen molar-refractivity contribution in [3.05, 3.63) is 52.0 Å². The largest absolute Gasteiger partial charge is 0.478 e. The van der Waals surface area contributed by atoms with Gasteiger partial charge in [0.1, 0.15) is 12.7 Å². The lowest BCUT2D eigenvalue weighted by atomic mass is 10.1. The number of halogens is 1. The van der Waals surface area contributed by atoms with Crippen LogP contribution in [0.5, 0.6) is 0 Å². The second kappa shape index (κ2) is 6.12. The summed E-state index contributed by atoms with van der Waals surface area (Å²) in [4.78, 5) is 16.2. The van der Waals surface area contributed by atoms with Crippen LogP contribution >= 0.6 is 22.9 Å². The number of benzene rings is 1. The number of aromatic nitrogens is 4. The monoisotopic (exact) mass is 335 g/mol. The van der Waals surface area contributed by atoms with Crippen molar-refractivity contribution in [1.82, 2.24) is 19.7 Å². The van der Waals surface area contributed by atoms with Crippen molar-refractivity contribution in [2.45, 2.75) is 6.54 Å². The molecule has 2 aromatic heterocycles. The lowest BCUT2D eigenvalue weighted by Gasteiger charge is -2.11. The van der Waals surface area contributed by atoms with E-state index in [2.05, 4.69) is 20.5 Å². The Morgan fingerprint density at radius 3 is 2.77 bits per heavy atom. The van der Waals surface area contributed by atoms with Gasteiger partial charge in [-0.2, -0.15) is 0 Å². The molecule has 2 N–H and O–H groups in total. The lowest BCUT2D eigenvalue weighted by molar-refractivity contribution is 0.0698. The molecule has 0 radical (unpaired) electrons. The standard InChI is InChI=1S/C13H10ClN5O2S/c14-13-16-5-9(22-13)4-15-11-3-8(19-6-17-18-7-19)1-2-10(11)12(20)21/h1-3,5-7,15H,4H2,(H,20,21). The zero-order valence-electron chi connectivity index (χ0n) is 11.1. The molecule has 22 heavy (non-hydrogen) atoms. The third-order valence-electron chi connectivity index (χ3n) is 2.93. The van der Waals surface area contributed by atoms with Crippen LogP contribution in [0.15, 0.2) is 37.1 Å². The highest BCUT2D eigenvalue weighted by molar-refractivity contribution is 7.15. The minimum Gasteiger partial charge on any atom is -0.478 e. The summed E-state index contributed by atoms with van der Waals surface area (Å²) >= 11 is 7.13. The van der Waals surface area contributed by atoms with Gasteiger partial charge < -0.3 is 10.4 Å². The molecular formula is C13H10ClN5O2S. The van der Waals surface area contributed by atoms with Crippen LogP contribution in [0.1, 0.15) is 15.2 Å². The first-order chi connectivity index (χ1) is 10.6. The maximum Gasteiger partial charge on any atom is 0.337 e. The number of hydrogen-bond donors (Lipinski definition) is 2. The molecule has 0 fully saturated rings. The molecule has 0 amide bonds. The van der Waals surface area contributed by atoms with Crippen molar-refractivity contribution in [3.8, 4) is 5.69 Å². The highest BCUT2D eigenvalue weighted by atomic mass is 35.5. The second-order valence-corrected chi connectivity index (χ2v) is 6.03. The quantitative estimate of drug-likeness (QED) is 0.744. The van der Waals surface area contributed by atoms with Gasteiger partial charge in [0.15, 0.2) is 4.47 Å². The number of nitrogens with zero attached hydrogens (tertiary/aromatic N) is 4. The predicted molar refractivity (Wildman–Crippen MR) is 82.8 cm³/mol. The minimum atomic E-state index is -1.000. The molecule has 2 heterocycles. The number of anilines is 1. The first-order valence-corrected chi connectivity index (χ1v) is 7.39.